The van der Waals surface area contributed by atoms with Gasteiger partial charge in [0.25, 0.3) is 11.8 Å². The highest BCUT2D eigenvalue weighted by Gasteiger charge is 2.22. The summed E-state index contributed by atoms with van der Waals surface area (Å²) in [6.45, 7) is 1.54. The van der Waals surface area contributed by atoms with Gasteiger partial charge >= 0.3 is 0 Å². The van der Waals surface area contributed by atoms with Gasteiger partial charge in [0.2, 0.25) is 0 Å². The first-order valence-corrected chi connectivity index (χ1v) is 8.86. The van der Waals surface area contributed by atoms with E-state index in [0.29, 0.717) is 22.3 Å². The van der Waals surface area contributed by atoms with Crippen molar-refractivity contribution in [1.29, 1.82) is 0 Å². The summed E-state index contributed by atoms with van der Waals surface area (Å²) in [5, 5.41) is 10.6. The van der Waals surface area contributed by atoms with E-state index in [0.717, 1.165) is 37.7 Å². The van der Waals surface area contributed by atoms with E-state index in [1.165, 1.54) is 0 Å². The van der Waals surface area contributed by atoms with E-state index in [-0.39, 0.29) is 11.8 Å². The van der Waals surface area contributed by atoms with Crippen LogP contribution in [0.1, 0.15) is 40.0 Å². The number of H-pyrrole nitrogens is 1. The normalized spacial score (nSPS) is 14.4. The summed E-state index contributed by atoms with van der Waals surface area (Å²) in [7, 11) is 0. The van der Waals surface area contributed by atoms with Crippen LogP contribution in [-0.2, 0) is 0 Å². The quantitative estimate of drug-likeness (QED) is 0.761. The van der Waals surface area contributed by atoms with Crippen molar-refractivity contribution < 1.29 is 9.59 Å². The lowest BCUT2D eigenvalue weighted by Gasteiger charge is -2.27. The maximum absolute atomic E-state index is 12.9. The molecule has 4 rings (SSSR count). The van der Waals surface area contributed by atoms with Crippen molar-refractivity contribution in [2.24, 2.45) is 0 Å². The van der Waals surface area contributed by atoms with Gasteiger partial charge in [0.15, 0.2) is 0 Å². The van der Waals surface area contributed by atoms with E-state index in [1.54, 1.807) is 24.4 Å². The molecule has 0 spiro atoms. The topological polar surface area (TPSA) is 78.1 Å². The molecule has 0 unspecified atom stereocenters. The van der Waals surface area contributed by atoms with Crippen LogP contribution in [0.15, 0.2) is 48.7 Å². The summed E-state index contributed by atoms with van der Waals surface area (Å²) in [4.78, 5) is 27.5. The number of amides is 2. The van der Waals surface area contributed by atoms with Gasteiger partial charge in [-0.15, -0.1) is 0 Å². The first kappa shape index (κ1) is 16.3. The van der Waals surface area contributed by atoms with Gasteiger partial charge in [-0.1, -0.05) is 24.3 Å². The highest BCUT2D eigenvalue weighted by atomic mass is 16.2. The van der Waals surface area contributed by atoms with E-state index in [2.05, 4.69) is 15.5 Å². The summed E-state index contributed by atoms with van der Waals surface area (Å²) in [5.41, 5.74) is 2.24. The number of fused-ring (bicyclic) bond motifs is 1. The average Bonchev–Trinajstić information content (AvgIpc) is 3.17. The maximum atomic E-state index is 12.9. The molecule has 0 atom stereocenters. The number of para-hydroxylation sites is 2. The Morgan fingerprint density at radius 3 is 2.58 bits per heavy atom. The second-order valence-corrected chi connectivity index (χ2v) is 6.49. The molecule has 132 valence electrons. The third kappa shape index (κ3) is 3.06. The number of benzene rings is 2. The number of carbonyl (C=O) groups excluding carboxylic acids is 2. The van der Waals surface area contributed by atoms with Gasteiger partial charge in [0.05, 0.1) is 28.5 Å². The summed E-state index contributed by atoms with van der Waals surface area (Å²) < 4.78 is 0. The monoisotopic (exact) mass is 348 g/mol. The van der Waals surface area contributed by atoms with Crippen LogP contribution in [0.2, 0.25) is 0 Å². The minimum Gasteiger partial charge on any atom is -0.339 e. The number of piperidine rings is 1. The van der Waals surface area contributed by atoms with Crippen molar-refractivity contribution in [3.05, 3.63) is 59.8 Å². The van der Waals surface area contributed by atoms with Gasteiger partial charge in [0, 0.05) is 18.5 Å². The zero-order chi connectivity index (χ0) is 17.9. The largest absolute Gasteiger partial charge is 0.339 e. The van der Waals surface area contributed by atoms with Crippen molar-refractivity contribution >= 4 is 28.4 Å². The van der Waals surface area contributed by atoms with Gasteiger partial charge < -0.3 is 10.2 Å². The Labute approximate surface area is 151 Å². The van der Waals surface area contributed by atoms with Gasteiger partial charge in [-0.2, -0.15) is 5.10 Å². The number of nitrogens with zero attached hydrogens (tertiary/aromatic N) is 2. The molecule has 2 aromatic carbocycles. The number of rotatable bonds is 3. The fourth-order valence-corrected chi connectivity index (χ4v) is 3.39. The molecule has 6 nitrogen and oxygen atoms in total. The zero-order valence-corrected chi connectivity index (χ0v) is 14.4. The Balaban J connectivity index is 1.61. The van der Waals surface area contributed by atoms with Crippen molar-refractivity contribution in [2.75, 3.05) is 18.4 Å². The molecule has 2 N–H and O–H groups in total. The lowest BCUT2D eigenvalue weighted by Crippen LogP contribution is -2.36. The first-order chi connectivity index (χ1) is 12.7. The van der Waals surface area contributed by atoms with Gasteiger partial charge in [0.1, 0.15) is 0 Å². The summed E-state index contributed by atoms with van der Waals surface area (Å²) >= 11 is 0. The minimum absolute atomic E-state index is 0.0275. The van der Waals surface area contributed by atoms with Crippen LogP contribution >= 0.6 is 0 Å². The Morgan fingerprint density at radius 2 is 1.73 bits per heavy atom. The zero-order valence-electron chi connectivity index (χ0n) is 14.4. The lowest BCUT2D eigenvalue weighted by molar-refractivity contribution is 0.0725. The third-order valence-electron chi connectivity index (χ3n) is 4.77. The molecule has 2 amide bonds. The van der Waals surface area contributed by atoms with Crippen LogP contribution < -0.4 is 5.32 Å². The minimum atomic E-state index is -0.265. The van der Waals surface area contributed by atoms with Crippen molar-refractivity contribution in [3.8, 4) is 0 Å². The first-order valence-electron chi connectivity index (χ1n) is 8.86. The molecule has 1 saturated heterocycles. The molecule has 0 saturated carbocycles. The molecular formula is C20H20N4O2. The predicted molar refractivity (Wildman–Crippen MR) is 100 cm³/mol. The summed E-state index contributed by atoms with van der Waals surface area (Å²) in [5.74, 6) is -0.293. The maximum Gasteiger partial charge on any atom is 0.257 e. The average molecular weight is 348 g/mol. The van der Waals surface area contributed by atoms with Crippen LogP contribution in [0.5, 0.6) is 0 Å². The second-order valence-electron chi connectivity index (χ2n) is 6.49. The van der Waals surface area contributed by atoms with E-state index in [9.17, 15) is 9.59 Å². The Bertz CT molecular complexity index is 957. The van der Waals surface area contributed by atoms with Crippen LogP contribution in [-0.4, -0.2) is 40.0 Å². The van der Waals surface area contributed by atoms with E-state index in [1.807, 2.05) is 29.2 Å². The molecule has 6 heteroatoms. The van der Waals surface area contributed by atoms with Crippen LogP contribution in [0.25, 0.3) is 10.9 Å². The summed E-state index contributed by atoms with van der Waals surface area (Å²) in [6, 6.07) is 12.6. The van der Waals surface area contributed by atoms with Gasteiger partial charge in [-0.05, 0) is 37.5 Å². The molecule has 0 aliphatic carbocycles. The molecule has 1 fully saturated rings. The van der Waals surface area contributed by atoms with Gasteiger partial charge in [-0.3, -0.25) is 14.7 Å². The molecule has 3 aromatic rings. The van der Waals surface area contributed by atoms with E-state index in [4.69, 9.17) is 0 Å². The molecule has 2 heterocycles. The van der Waals surface area contributed by atoms with Crippen LogP contribution in [0.4, 0.5) is 5.69 Å². The fraction of sp³-hybridized carbons (Fsp3) is 0.250. The highest BCUT2D eigenvalue weighted by Crippen LogP contribution is 2.22. The Morgan fingerprint density at radius 1 is 0.962 bits per heavy atom. The molecular weight excluding hydrogens is 328 g/mol. The number of hydrogen-bond donors (Lipinski definition) is 2. The fourth-order valence-electron chi connectivity index (χ4n) is 3.39. The van der Waals surface area contributed by atoms with Crippen molar-refractivity contribution in [2.45, 2.75) is 19.3 Å². The van der Waals surface area contributed by atoms with Crippen LogP contribution in [0.3, 0.4) is 0 Å². The standard InChI is InChI=1S/C20H20N4O2/c25-19(16-9-6-7-14-13-21-23-18(14)16)22-17-10-3-2-8-15(17)20(26)24-11-4-1-5-12-24/h2-3,6-10,13H,1,4-5,11-12H2,(H,21,23)(H,22,25). The SMILES string of the molecule is O=C(Nc1ccccc1C(=O)N1CCCCC1)c1cccc2cn[nH]c12. The number of hydrogen-bond acceptors (Lipinski definition) is 3. The lowest BCUT2D eigenvalue weighted by atomic mass is 10.1. The van der Waals surface area contributed by atoms with Crippen molar-refractivity contribution in [1.82, 2.24) is 15.1 Å². The molecule has 1 aromatic heterocycles. The molecule has 1 aliphatic heterocycles. The highest BCUT2D eigenvalue weighted by molar-refractivity contribution is 6.14. The number of likely N-dealkylation sites (tertiary alicyclic amines) is 1. The Hall–Kier alpha value is -3.15. The predicted octanol–water partition coefficient (Wildman–Crippen LogP) is 3.44. The Kier molecular flexibility index (Phi) is 4.39. The smallest absolute Gasteiger partial charge is 0.257 e. The molecule has 1 aliphatic rings. The van der Waals surface area contributed by atoms with Crippen molar-refractivity contribution in [3.63, 3.8) is 0 Å². The molecule has 26 heavy (non-hydrogen) atoms. The number of aromatic amines is 1. The number of anilines is 1. The van der Waals surface area contributed by atoms with E-state index < -0.39 is 0 Å². The number of carbonyl (C=O) groups is 2. The van der Waals surface area contributed by atoms with Gasteiger partial charge in [-0.25, -0.2) is 0 Å². The number of nitrogens with one attached hydrogen (secondary N) is 2. The van der Waals surface area contributed by atoms with E-state index >= 15 is 0 Å². The molecule has 0 bridgehead atoms. The molecule has 0 radical (unpaired) electrons. The van der Waals surface area contributed by atoms with Crippen LogP contribution in [0, 0.1) is 0 Å². The second kappa shape index (κ2) is 7.00. The third-order valence-corrected chi connectivity index (χ3v) is 4.77. The summed E-state index contributed by atoms with van der Waals surface area (Å²) in [6.07, 6.45) is 4.90. The number of aromatic nitrogens is 2.